The van der Waals surface area contributed by atoms with Gasteiger partial charge in [-0.05, 0) is 43.2 Å². The summed E-state index contributed by atoms with van der Waals surface area (Å²) in [5.41, 5.74) is 6.11. The summed E-state index contributed by atoms with van der Waals surface area (Å²) < 4.78 is 13.0. The molecule has 2 aromatic rings. The van der Waals surface area contributed by atoms with E-state index in [0.29, 0.717) is 23.4 Å². The summed E-state index contributed by atoms with van der Waals surface area (Å²) in [5, 5.41) is 13.5. The fourth-order valence-electron chi connectivity index (χ4n) is 3.62. The summed E-state index contributed by atoms with van der Waals surface area (Å²) in [6, 6.07) is 3.91. The number of hydrogen-bond acceptors (Lipinski definition) is 6. The molecule has 1 unspecified atom stereocenters. The van der Waals surface area contributed by atoms with Crippen molar-refractivity contribution in [3.8, 4) is 0 Å². The smallest absolute Gasteiger partial charge is 0.231 e. The number of nitrogens with two attached hydrogens (primary N) is 1. The lowest BCUT2D eigenvalue weighted by Gasteiger charge is -2.25. The Hall–Kier alpha value is -2.48. The van der Waals surface area contributed by atoms with Crippen LogP contribution in [-0.2, 0) is 4.79 Å². The van der Waals surface area contributed by atoms with Crippen LogP contribution < -0.4 is 16.0 Å². The van der Waals surface area contributed by atoms with Gasteiger partial charge in [0.1, 0.15) is 23.6 Å². The number of halogens is 1. The van der Waals surface area contributed by atoms with E-state index >= 15 is 0 Å². The molecule has 3 atom stereocenters. The van der Waals surface area contributed by atoms with Crippen molar-refractivity contribution in [1.82, 2.24) is 9.97 Å². The van der Waals surface area contributed by atoms with Crippen molar-refractivity contribution in [2.75, 3.05) is 29.1 Å². The number of amides is 1. The Labute approximate surface area is 150 Å². The second kappa shape index (κ2) is 6.68. The van der Waals surface area contributed by atoms with E-state index in [9.17, 15) is 14.3 Å². The first kappa shape index (κ1) is 17.0. The summed E-state index contributed by atoms with van der Waals surface area (Å²) in [5.74, 6) is 0.624. The van der Waals surface area contributed by atoms with Gasteiger partial charge >= 0.3 is 0 Å². The minimum Gasteiger partial charge on any atom is -0.396 e. The molecule has 8 heteroatoms. The van der Waals surface area contributed by atoms with E-state index in [4.69, 9.17) is 5.73 Å². The van der Waals surface area contributed by atoms with Crippen molar-refractivity contribution < 1.29 is 14.3 Å². The van der Waals surface area contributed by atoms with E-state index in [2.05, 4.69) is 20.2 Å². The van der Waals surface area contributed by atoms with Gasteiger partial charge < -0.3 is 21.1 Å². The Kier molecular flexibility index (Phi) is 4.36. The summed E-state index contributed by atoms with van der Waals surface area (Å²) >= 11 is 0. The van der Waals surface area contributed by atoms with Gasteiger partial charge in [-0.25, -0.2) is 14.4 Å². The van der Waals surface area contributed by atoms with E-state index in [-0.39, 0.29) is 25.0 Å². The molecule has 2 aliphatic rings. The van der Waals surface area contributed by atoms with Gasteiger partial charge in [0.25, 0.3) is 0 Å². The van der Waals surface area contributed by atoms with E-state index in [1.54, 1.807) is 12.3 Å². The van der Waals surface area contributed by atoms with Crippen LogP contribution in [0.25, 0.3) is 10.8 Å². The van der Waals surface area contributed by atoms with Crippen molar-refractivity contribution in [2.45, 2.75) is 37.9 Å². The van der Waals surface area contributed by atoms with Crippen LogP contribution in [0.4, 0.5) is 21.8 Å². The lowest BCUT2D eigenvalue weighted by molar-refractivity contribution is -0.117. The Morgan fingerprint density at radius 1 is 1.46 bits per heavy atom. The number of carbonyl (C=O) groups excluding carboxylic acids is 1. The highest BCUT2D eigenvalue weighted by Gasteiger charge is 2.43. The predicted molar refractivity (Wildman–Crippen MR) is 97.7 cm³/mol. The van der Waals surface area contributed by atoms with E-state index in [1.807, 2.05) is 6.07 Å². The zero-order valence-electron chi connectivity index (χ0n) is 14.4. The molecule has 0 bridgehead atoms. The monoisotopic (exact) mass is 359 g/mol. The first-order chi connectivity index (χ1) is 12.6. The third-order valence-electron chi connectivity index (χ3n) is 5.17. The van der Waals surface area contributed by atoms with Gasteiger partial charge in [-0.15, -0.1) is 0 Å². The summed E-state index contributed by atoms with van der Waals surface area (Å²) in [4.78, 5) is 22.8. The summed E-state index contributed by atoms with van der Waals surface area (Å²) in [6.45, 7) is 1.01. The Bertz CT molecular complexity index is 846. The first-order valence-electron chi connectivity index (χ1n) is 8.95. The Morgan fingerprint density at radius 3 is 3.00 bits per heavy atom. The van der Waals surface area contributed by atoms with E-state index in [1.165, 1.54) is 0 Å². The maximum atomic E-state index is 13.0. The molecule has 1 aliphatic heterocycles. The quantitative estimate of drug-likeness (QED) is 0.753. The van der Waals surface area contributed by atoms with Gasteiger partial charge in [-0.2, -0.15) is 0 Å². The van der Waals surface area contributed by atoms with Gasteiger partial charge in [0.15, 0.2) is 0 Å². The molecule has 1 aliphatic carbocycles. The van der Waals surface area contributed by atoms with Gasteiger partial charge in [-0.3, -0.25) is 4.79 Å². The van der Waals surface area contributed by atoms with Gasteiger partial charge in [0.05, 0.1) is 5.92 Å². The first-order valence-corrected chi connectivity index (χ1v) is 8.95. The minimum absolute atomic E-state index is 0.140. The Morgan fingerprint density at radius 2 is 2.27 bits per heavy atom. The molecule has 2 aromatic heterocycles. The van der Waals surface area contributed by atoms with Crippen molar-refractivity contribution in [3.05, 3.63) is 18.3 Å². The average Bonchev–Trinajstić information content (AvgIpc) is 3.16. The number of anilines is 3. The van der Waals surface area contributed by atoms with Crippen LogP contribution in [0.3, 0.4) is 0 Å². The molecule has 26 heavy (non-hydrogen) atoms. The number of aliphatic hydroxyl groups is 1. The van der Waals surface area contributed by atoms with Crippen molar-refractivity contribution in [3.63, 3.8) is 0 Å². The molecule has 1 saturated heterocycles. The fraction of sp³-hybridized carbons (Fsp3) is 0.500. The van der Waals surface area contributed by atoms with Crippen LogP contribution in [0.1, 0.15) is 25.7 Å². The number of aromatic nitrogens is 2. The molecule has 4 rings (SSSR count). The van der Waals surface area contributed by atoms with Crippen LogP contribution >= 0.6 is 0 Å². The van der Waals surface area contributed by atoms with Crippen LogP contribution in [0.5, 0.6) is 0 Å². The molecular formula is C18H22FN5O2. The number of fused-ring (bicyclic) bond motifs is 1. The maximum absolute atomic E-state index is 13.0. The highest BCUT2D eigenvalue weighted by atomic mass is 19.1. The molecular weight excluding hydrogens is 337 g/mol. The number of pyridine rings is 2. The van der Waals surface area contributed by atoms with Crippen LogP contribution in [-0.4, -0.2) is 46.3 Å². The fourth-order valence-corrected chi connectivity index (χ4v) is 3.62. The topological polar surface area (TPSA) is 104 Å². The van der Waals surface area contributed by atoms with E-state index in [0.717, 1.165) is 30.6 Å². The van der Waals surface area contributed by atoms with Crippen molar-refractivity contribution in [1.29, 1.82) is 0 Å². The number of rotatable bonds is 5. The van der Waals surface area contributed by atoms with Crippen molar-refractivity contribution >= 4 is 34.1 Å². The number of carbonyl (C=O) groups is 1. The highest BCUT2D eigenvalue weighted by molar-refractivity contribution is 5.98. The second-order valence-electron chi connectivity index (χ2n) is 7.01. The molecule has 3 heterocycles. The highest BCUT2D eigenvalue weighted by Crippen LogP contribution is 2.35. The standard InChI is InChI=1S/C18H22FN5O2/c19-14-8-12(14)18(26)22-15-6-10-7-16(23-17(20)13(10)9-21-15)24-4-1-2-11(24)3-5-25/h6-7,9,11-12,14,25H,1-5,8H2,(H2,20,23)(H,21,22,26)/t11?,12-,14+/m1/s1. The number of nitrogen functional groups attached to an aromatic ring is 1. The summed E-state index contributed by atoms with van der Waals surface area (Å²) in [7, 11) is 0. The van der Waals surface area contributed by atoms with Crippen LogP contribution in [0.2, 0.25) is 0 Å². The lowest BCUT2D eigenvalue weighted by Crippen LogP contribution is -2.30. The number of hydrogen-bond donors (Lipinski definition) is 3. The number of nitrogens with zero attached hydrogens (tertiary/aromatic N) is 3. The molecule has 0 spiro atoms. The maximum Gasteiger partial charge on any atom is 0.231 e. The Balaban J connectivity index is 1.62. The zero-order chi connectivity index (χ0) is 18.3. The largest absolute Gasteiger partial charge is 0.396 e. The SMILES string of the molecule is Nc1nc(N2CCCC2CCO)cc2cc(NC(=O)[C@@H]3C[C@@H]3F)ncc12. The molecule has 0 radical (unpaired) electrons. The average molecular weight is 359 g/mol. The van der Waals surface area contributed by atoms with Gasteiger partial charge in [0.2, 0.25) is 5.91 Å². The minimum atomic E-state index is -1.04. The zero-order valence-corrected chi connectivity index (χ0v) is 14.4. The van der Waals surface area contributed by atoms with E-state index < -0.39 is 12.1 Å². The third kappa shape index (κ3) is 3.16. The van der Waals surface area contributed by atoms with Crippen LogP contribution in [0, 0.1) is 5.92 Å². The predicted octanol–water partition coefficient (Wildman–Crippen LogP) is 1.86. The lowest BCUT2D eigenvalue weighted by atomic mass is 10.1. The second-order valence-corrected chi connectivity index (χ2v) is 7.01. The molecule has 138 valence electrons. The summed E-state index contributed by atoms with van der Waals surface area (Å²) in [6.07, 6.45) is 3.58. The molecule has 4 N–H and O–H groups in total. The molecule has 2 fully saturated rings. The van der Waals surface area contributed by atoms with Gasteiger partial charge in [0, 0.05) is 30.8 Å². The van der Waals surface area contributed by atoms with Crippen LogP contribution in [0.15, 0.2) is 18.3 Å². The molecule has 0 aromatic carbocycles. The van der Waals surface area contributed by atoms with Crippen molar-refractivity contribution in [2.24, 2.45) is 5.92 Å². The number of alkyl halides is 1. The van der Waals surface area contributed by atoms with Gasteiger partial charge in [-0.1, -0.05) is 0 Å². The third-order valence-corrected chi connectivity index (χ3v) is 5.17. The number of nitrogens with one attached hydrogen (secondary N) is 1. The number of aliphatic hydroxyl groups excluding tert-OH is 1. The normalized spacial score (nSPS) is 24.8. The molecule has 1 amide bonds. The molecule has 1 saturated carbocycles. The molecule has 7 nitrogen and oxygen atoms in total.